The van der Waals surface area contributed by atoms with Crippen molar-refractivity contribution in [2.45, 2.75) is 39.5 Å². The molecule has 2 heterocycles. The second-order valence-electron chi connectivity index (χ2n) is 5.40. The summed E-state index contributed by atoms with van der Waals surface area (Å²) in [6.07, 6.45) is 3.76. The molecule has 0 atom stereocenters. The monoisotopic (exact) mass is 296 g/mol. The molecule has 0 aliphatic carbocycles. The average Bonchev–Trinajstić information content (AvgIpc) is 2.85. The van der Waals surface area contributed by atoms with E-state index in [1.165, 1.54) is 0 Å². The molecule has 0 spiro atoms. The predicted molar refractivity (Wildman–Crippen MR) is 80.8 cm³/mol. The highest BCUT2D eigenvalue weighted by atomic mass is 32.1. The Kier molecular flexibility index (Phi) is 5.91. The third-order valence-corrected chi connectivity index (χ3v) is 4.76. The second kappa shape index (κ2) is 7.69. The molecular formula is C14H24N4OS. The normalized spacial score (nSPS) is 17.3. The maximum Gasteiger partial charge on any atom is 0.220 e. The van der Waals surface area contributed by atoms with Crippen molar-refractivity contribution in [3.05, 3.63) is 10.0 Å². The summed E-state index contributed by atoms with van der Waals surface area (Å²) in [6, 6.07) is 0. The summed E-state index contributed by atoms with van der Waals surface area (Å²) in [5.74, 6) is 0.739. The summed E-state index contributed by atoms with van der Waals surface area (Å²) in [5, 5.41) is 13.0. The molecule has 1 aromatic heterocycles. The van der Waals surface area contributed by atoms with Gasteiger partial charge in [-0.05, 0) is 45.3 Å². The van der Waals surface area contributed by atoms with Gasteiger partial charge >= 0.3 is 0 Å². The SMILES string of the molecule is CCN1CCC(CC(=O)NCCc2nnc(C)s2)CC1. The Morgan fingerprint density at radius 1 is 1.40 bits per heavy atom. The maximum atomic E-state index is 11.9. The van der Waals surface area contributed by atoms with Crippen LogP contribution in [0, 0.1) is 12.8 Å². The van der Waals surface area contributed by atoms with Gasteiger partial charge in [-0.15, -0.1) is 21.5 Å². The summed E-state index contributed by atoms with van der Waals surface area (Å²) >= 11 is 1.60. The fraction of sp³-hybridized carbons (Fsp3) is 0.786. The molecule has 0 unspecified atom stereocenters. The van der Waals surface area contributed by atoms with Crippen LogP contribution in [0.4, 0.5) is 0 Å². The maximum absolute atomic E-state index is 11.9. The standard InChI is InChI=1S/C14H24N4OS/c1-3-18-8-5-12(6-9-18)10-13(19)15-7-4-14-17-16-11(2)20-14/h12H,3-10H2,1-2H3,(H,15,19). The topological polar surface area (TPSA) is 58.1 Å². The molecule has 1 saturated heterocycles. The van der Waals surface area contributed by atoms with E-state index >= 15 is 0 Å². The van der Waals surface area contributed by atoms with E-state index in [1.54, 1.807) is 11.3 Å². The van der Waals surface area contributed by atoms with Crippen molar-refractivity contribution in [3.63, 3.8) is 0 Å². The van der Waals surface area contributed by atoms with Gasteiger partial charge in [0.05, 0.1) is 0 Å². The Morgan fingerprint density at radius 2 is 2.15 bits per heavy atom. The fourth-order valence-corrected chi connectivity index (χ4v) is 3.30. The van der Waals surface area contributed by atoms with Crippen molar-refractivity contribution in [1.29, 1.82) is 0 Å². The molecule has 6 heteroatoms. The molecule has 20 heavy (non-hydrogen) atoms. The molecule has 5 nitrogen and oxygen atoms in total. The average molecular weight is 296 g/mol. The number of carbonyl (C=O) groups is 1. The van der Waals surface area contributed by atoms with Crippen LogP contribution in [0.1, 0.15) is 36.2 Å². The quantitative estimate of drug-likeness (QED) is 0.867. The van der Waals surface area contributed by atoms with Crippen molar-refractivity contribution in [3.8, 4) is 0 Å². The molecule has 1 fully saturated rings. The second-order valence-corrected chi connectivity index (χ2v) is 6.66. The molecule has 0 aromatic carbocycles. The molecule has 112 valence electrons. The zero-order chi connectivity index (χ0) is 14.4. The lowest BCUT2D eigenvalue weighted by atomic mass is 9.93. The van der Waals surface area contributed by atoms with Crippen LogP contribution in [0.25, 0.3) is 0 Å². The minimum atomic E-state index is 0.182. The minimum absolute atomic E-state index is 0.182. The Balaban J connectivity index is 1.61. The molecule has 2 rings (SSSR count). The first-order chi connectivity index (χ1) is 9.67. The van der Waals surface area contributed by atoms with Crippen LogP contribution in [0.5, 0.6) is 0 Å². The highest BCUT2D eigenvalue weighted by Crippen LogP contribution is 2.20. The first-order valence-corrected chi connectivity index (χ1v) is 8.27. The van der Waals surface area contributed by atoms with E-state index in [1.807, 2.05) is 6.92 Å². The Hall–Kier alpha value is -1.01. The van der Waals surface area contributed by atoms with Crippen LogP contribution < -0.4 is 5.32 Å². The number of piperidine rings is 1. The summed E-state index contributed by atoms with van der Waals surface area (Å²) in [6.45, 7) is 8.21. The molecule has 1 amide bonds. The lowest BCUT2D eigenvalue weighted by molar-refractivity contribution is -0.122. The van der Waals surface area contributed by atoms with Crippen LogP contribution in [0.15, 0.2) is 0 Å². The molecular weight excluding hydrogens is 272 g/mol. The lowest BCUT2D eigenvalue weighted by Crippen LogP contribution is -2.36. The molecule has 1 aliphatic heterocycles. The number of aromatic nitrogens is 2. The number of aryl methyl sites for hydroxylation is 1. The van der Waals surface area contributed by atoms with Gasteiger partial charge in [-0.3, -0.25) is 4.79 Å². The number of nitrogens with zero attached hydrogens (tertiary/aromatic N) is 3. The molecule has 0 radical (unpaired) electrons. The Morgan fingerprint density at radius 3 is 2.75 bits per heavy atom. The van der Waals surface area contributed by atoms with E-state index < -0.39 is 0 Å². The van der Waals surface area contributed by atoms with Crippen LogP contribution in [0.2, 0.25) is 0 Å². The lowest BCUT2D eigenvalue weighted by Gasteiger charge is -2.30. The van der Waals surface area contributed by atoms with E-state index in [2.05, 4.69) is 27.3 Å². The number of amides is 1. The highest BCUT2D eigenvalue weighted by Gasteiger charge is 2.20. The number of likely N-dealkylation sites (tertiary alicyclic amines) is 1. The minimum Gasteiger partial charge on any atom is -0.356 e. The molecule has 0 saturated carbocycles. The van der Waals surface area contributed by atoms with E-state index in [0.29, 0.717) is 18.9 Å². The number of nitrogens with one attached hydrogen (secondary N) is 1. The van der Waals surface area contributed by atoms with E-state index in [9.17, 15) is 4.79 Å². The predicted octanol–water partition coefficient (Wildman–Crippen LogP) is 1.63. The highest BCUT2D eigenvalue weighted by molar-refractivity contribution is 7.11. The van der Waals surface area contributed by atoms with Gasteiger partial charge in [0.2, 0.25) is 5.91 Å². The van der Waals surface area contributed by atoms with E-state index in [4.69, 9.17) is 0 Å². The van der Waals surface area contributed by atoms with Crippen LogP contribution >= 0.6 is 11.3 Å². The van der Waals surface area contributed by atoms with Gasteiger partial charge in [0, 0.05) is 19.4 Å². The largest absolute Gasteiger partial charge is 0.356 e. The summed E-state index contributed by atoms with van der Waals surface area (Å²) in [5.41, 5.74) is 0. The van der Waals surface area contributed by atoms with E-state index in [-0.39, 0.29) is 5.91 Å². The van der Waals surface area contributed by atoms with Gasteiger partial charge < -0.3 is 10.2 Å². The van der Waals surface area contributed by atoms with Crippen molar-refractivity contribution in [1.82, 2.24) is 20.4 Å². The van der Waals surface area contributed by atoms with Gasteiger partial charge in [0.15, 0.2) is 0 Å². The Bertz CT molecular complexity index is 427. The molecule has 1 aliphatic rings. The molecule has 1 N–H and O–H groups in total. The molecule has 0 bridgehead atoms. The number of hydrogen-bond donors (Lipinski definition) is 1. The third-order valence-electron chi connectivity index (χ3n) is 3.86. The van der Waals surface area contributed by atoms with Crippen LogP contribution in [-0.2, 0) is 11.2 Å². The summed E-state index contributed by atoms with van der Waals surface area (Å²) < 4.78 is 0. The van der Waals surface area contributed by atoms with Crippen molar-refractivity contribution >= 4 is 17.2 Å². The van der Waals surface area contributed by atoms with Crippen molar-refractivity contribution in [2.24, 2.45) is 5.92 Å². The first kappa shape index (κ1) is 15.4. The zero-order valence-electron chi connectivity index (χ0n) is 12.4. The summed E-state index contributed by atoms with van der Waals surface area (Å²) in [4.78, 5) is 14.4. The van der Waals surface area contributed by atoms with Crippen LogP contribution in [-0.4, -0.2) is 47.2 Å². The Labute approximate surface area is 124 Å². The fourth-order valence-electron chi connectivity index (χ4n) is 2.59. The smallest absolute Gasteiger partial charge is 0.220 e. The number of rotatable bonds is 6. The van der Waals surface area contributed by atoms with Gasteiger partial charge in [-0.2, -0.15) is 0 Å². The van der Waals surface area contributed by atoms with Gasteiger partial charge in [-0.25, -0.2) is 0 Å². The van der Waals surface area contributed by atoms with Crippen molar-refractivity contribution < 1.29 is 4.79 Å². The van der Waals surface area contributed by atoms with E-state index in [0.717, 1.165) is 48.9 Å². The van der Waals surface area contributed by atoms with Gasteiger partial charge in [0.25, 0.3) is 0 Å². The van der Waals surface area contributed by atoms with Gasteiger partial charge in [-0.1, -0.05) is 6.92 Å². The number of hydrogen-bond acceptors (Lipinski definition) is 5. The van der Waals surface area contributed by atoms with Crippen molar-refractivity contribution in [2.75, 3.05) is 26.2 Å². The number of carbonyl (C=O) groups excluding carboxylic acids is 1. The zero-order valence-corrected chi connectivity index (χ0v) is 13.2. The van der Waals surface area contributed by atoms with Crippen LogP contribution in [0.3, 0.4) is 0 Å². The summed E-state index contributed by atoms with van der Waals surface area (Å²) in [7, 11) is 0. The van der Waals surface area contributed by atoms with Gasteiger partial charge in [0.1, 0.15) is 10.0 Å². The molecule has 1 aromatic rings. The first-order valence-electron chi connectivity index (χ1n) is 7.45. The third kappa shape index (κ3) is 4.83.